The standard InChI is InChI=1S/C13H18ClN/c1-2-15-10-13(6-7-13)9-11-4-3-5-12(14)8-11/h3-5,8,15H,2,6-7,9-10H2,1H3. The van der Waals surface area contributed by atoms with E-state index in [0.29, 0.717) is 5.41 Å². The molecule has 1 aliphatic rings. The Morgan fingerprint density at radius 1 is 1.40 bits per heavy atom. The maximum atomic E-state index is 5.98. The summed E-state index contributed by atoms with van der Waals surface area (Å²) in [7, 11) is 0. The van der Waals surface area contributed by atoms with Crippen molar-refractivity contribution in [2.24, 2.45) is 5.41 Å². The van der Waals surface area contributed by atoms with E-state index in [1.807, 2.05) is 12.1 Å². The van der Waals surface area contributed by atoms with Gasteiger partial charge in [0.2, 0.25) is 0 Å². The van der Waals surface area contributed by atoms with Crippen LogP contribution in [-0.4, -0.2) is 13.1 Å². The van der Waals surface area contributed by atoms with Gasteiger partial charge >= 0.3 is 0 Å². The van der Waals surface area contributed by atoms with Gasteiger partial charge in [0.25, 0.3) is 0 Å². The first kappa shape index (κ1) is 11.0. The van der Waals surface area contributed by atoms with Gasteiger partial charge in [0.15, 0.2) is 0 Å². The SMILES string of the molecule is CCNCC1(Cc2cccc(Cl)c2)CC1. The first-order valence-electron chi connectivity index (χ1n) is 5.69. The van der Waals surface area contributed by atoms with Crippen LogP contribution in [0.3, 0.4) is 0 Å². The molecule has 0 heterocycles. The fraction of sp³-hybridized carbons (Fsp3) is 0.538. The van der Waals surface area contributed by atoms with E-state index in [1.165, 1.54) is 24.8 Å². The van der Waals surface area contributed by atoms with E-state index < -0.39 is 0 Å². The van der Waals surface area contributed by atoms with Crippen LogP contribution in [0.1, 0.15) is 25.3 Å². The fourth-order valence-corrected chi connectivity index (χ4v) is 2.28. The van der Waals surface area contributed by atoms with Crippen molar-refractivity contribution < 1.29 is 0 Å². The van der Waals surface area contributed by atoms with Crippen LogP contribution in [0, 0.1) is 5.41 Å². The van der Waals surface area contributed by atoms with Crippen molar-refractivity contribution in [1.82, 2.24) is 5.32 Å². The molecule has 0 aliphatic heterocycles. The van der Waals surface area contributed by atoms with Gasteiger partial charge in [-0.25, -0.2) is 0 Å². The van der Waals surface area contributed by atoms with Crippen LogP contribution >= 0.6 is 11.6 Å². The quantitative estimate of drug-likeness (QED) is 0.808. The van der Waals surface area contributed by atoms with Crippen LogP contribution in [0.4, 0.5) is 0 Å². The monoisotopic (exact) mass is 223 g/mol. The zero-order valence-corrected chi connectivity index (χ0v) is 9.98. The van der Waals surface area contributed by atoms with Crippen molar-refractivity contribution >= 4 is 11.6 Å². The lowest BCUT2D eigenvalue weighted by Gasteiger charge is -2.15. The lowest BCUT2D eigenvalue weighted by molar-refractivity contribution is 0.463. The summed E-state index contributed by atoms with van der Waals surface area (Å²) >= 11 is 5.98. The van der Waals surface area contributed by atoms with E-state index in [-0.39, 0.29) is 0 Å². The van der Waals surface area contributed by atoms with Gasteiger partial charge in [-0.1, -0.05) is 30.7 Å². The third-order valence-corrected chi connectivity index (χ3v) is 3.41. The highest BCUT2D eigenvalue weighted by molar-refractivity contribution is 6.30. The minimum Gasteiger partial charge on any atom is -0.316 e. The maximum absolute atomic E-state index is 5.98. The third kappa shape index (κ3) is 2.96. The van der Waals surface area contributed by atoms with Crippen molar-refractivity contribution in [3.8, 4) is 0 Å². The molecule has 0 saturated heterocycles. The van der Waals surface area contributed by atoms with E-state index in [0.717, 1.165) is 18.1 Å². The van der Waals surface area contributed by atoms with Gasteiger partial charge in [-0.2, -0.15) is 0 Å². The summed E-state index contributed by atoms with van der Waals surface area (Å²) < 4.78 is 0. The average Bonchev–Trinajstić information content (AvgIpc) is 2.96. The van der Waals surface area contributed by atoms with E-state index in [4.69, 9.17) is 11.6 Å². The summed E-state index contributed by atoms with van der Waals surface area (Å²) in [5.41, 5.74) is 1.90. The molecule has 1 saturated carbocycles. The Morgan fingerprint density at radius 3 is 2.80 bits per heavy atom. The van der Waals surface area contributed by atoms with E-state index in [9.17, 15) is 0 Å². The summed E-state index contributed by atoms with van der Waals surface area (Å²) in [6.45, 7) is 4.38. The normalized spacial score (nSPS) is 17.7. The second kappa shape index (κ2) is 4.54. The van der Waals surface area contributed by atoms with Crippen molar-refractivity contribution in [1.29, 1.82) is 0 Å². The molecule has 1 fully saturated rings. The Bertz CT molecular complexity index is 331. The molecule has 1 aromatic rings. The molecule has 82 valence electrons. The van der Waals surface area contributed by atoms with Gasteiger partial charge in [0, 0.05) is 11.6 Å². The van der Waals surface area contributed by atoms with Crippen molar-refractivity contribution in [2.75, 3.05) is 13.1 Å². The maximum Gasteiger partial charge on any atom is 0.0408 e. The Kier molecular flexibility index (Phi) is 3.32. The zero-order chi connectivity index (χ0) is 10.7. The van der Waals surface area contributed by atoms with Crippen LogP contribution in [0.5, 0.6) is 0 Å². The molecular formula is C13H18ClN. The highest BCUT2D eigenvalue weighted by Crippen LogP contribution is 2.47. The molecule has 0 bridgehead atoms. The lowest BCUT2D eigenvalue weighted by Crippen LogP contribution is -2.25. The van der Waals surface area contributed by atoms with Gasteiger partial charge in [-0.15, -0.1) is 0 Å². The molecule has 0 aromatic heterocycles. The Labute approximate surface area is 96.8 Å². The number of benzene rings is 1. The zero-order valence-electron chi connectivity index (χ0n) is 9.22. The van der Waals surface area contributed by atoms with Gasteiger partial charge in [0.1, 0.15) is 0 Å². The largest absolute Gasteiger partial charge is 0.316 e. The molecule has 2 heteroatoms. The van der Waals surface area contributed by atoms with Gasteiger partial charge in [-0.3, -0.25) is 0 Å². The van der Waals surface area contributed by atoms with Gasteiger partial charge in [-0.05, 0) is 48.9 Å². The molecule has 0 radical (unpaired) electrons. The summed E-state index contributed by atoms with van der Waals surface area (Å²) in [6.07, 6.45) is 3.87. The van der Waals surface area contributed by atoms with Crippen LogP contribution in [0.2, 0.25) is 5.02 Å². The van der Waals surface area contributed by atoms with Crippen molar-refractivity contribution in [2.45, 2.75) is 26.2 Å². The van der Waals surface area contributed by atoms with E-state index in [1.54, 1.807) is 0 Å². The number of rotatable bonds is 5. The highest BCUT2D eigenvalue weighted by atomic mass is 35.5. The van der Waals surface area contributed by atoms with Crippen LogP contribution in [0.15, 0.2) is 24.3 Å². The van der Waals surface area contributed by atoms with Crippen molar-refractivity contribution in [3.63, 3.8) is 0 Å². The lowest BCUT2D eigenvalue weighted by atomic mass is 9.96. The molecular weight excluding hydrogens is 206 g/mol. The Morgan fingerprint density at radius 2 is 2.20 bits per heavy atom. The second-order valence-corrected chi connectivity index (χ2v) is 5.02. The second-order valence-electron chi connectivity index (χ2n) is 4.59. The number of hydrogen-bond donors (Lipinski definition) is 1. The Balaban J connectivity index is 1.96. The molecule has 0 unspecified atom stereocenters. The molecule has 2 rings (SSSR count). The Hall–Kier alpha value is -0.530. The third-order valence-electron chi connectivity index (χ3n) is 3.18. The molecule has 0 spiro atoms. The molecule has 1 N–H and O–H groups in total. The molecule has 1 nitrogen and oxygen atoms in total. The van der Waals surface area contributed by atoms with Crippen LogP contribution in [0.25, 0.3) is 0 Å². The summed E-state index contributed by atoms with van der Waals surface area (Å²) in [5, 5.41) is 4.31. The topological polar surface area (TPSA) is 12.0 Å². The molecule has 0 amide bonds. The molecule has 1 aliphatic carbocycles. The van der Waals surface area contributed by atoms with Gasteiger partial charge < -0.3 is 5.32 Å². The minimum atomic E-state index is 0.528. The minimum absolute atomic E-state index is 0.528. The number of nitrogens with one attached hydrogen (secondary N) is 1. The summed E-state index contributed by atoms with van der Waals surface area (Å²) in [5.74, 6) is 0. The first-order valence-corrected chi connectivity index (χ1v) is 6.07. The van der Waals surface area contributed by atoms with Crippen LogP contribution in [-0.2, 0) is 6.42 Å². The molecule has 1 aromatic carbocycles. The predicted molar refractivity (Wildman–Crippen MR) is 65.4 cm³/mol. The highest BCUT2D eigenvalue weighted by Gasteiger charge is 2.41. The first-order chi connectivity index (χ1) is 7.24. The summed E-state index contributed by atoms with van der Waals surface area (Å²) in [6, 6.07) is 8.25. The smallest absolute Gasteiger partial charge is 0.0408 e. The summed E-state index contributed by atoms with van der Waals surface area (Å²) in [4.78, 5) is 0. The van der Waals surface area contributed by atoms with Crippen molar-refractivity contribution in [3.05, 3.63) is 34.9 Å². The fourth-order valence-electron chi connectivity index (χ4n) is 2.06. The van der Waals surface area contributed by atoms with Crippen LogP contribution < -0.4 is 5.32 Å². The molecule has 15 heavy (non-hydrogen) atoms. The molecule has 0 atom stereocenters. The number of hydrogen-bond acceptors (Lipinski definition) is 1. The number of halogens is 1. The van der Waals surface area contributed by atoms with E-state index in [2.05, 4.69) is 24.4 Å². The van der Waals surface area contributed by atoms with E-state index >= 15 is 0 Å². The predicted octanol–water partition coefficient (Wildman–Crippen LogP) is 3.27. The van der Waals surface area contributed by atoms with Gasteiger partial charge in [0.05, 0.1) is 0 Å². The average molecular weight is 224 g/mol.